The van der Waals surface area contributed by atoms with Gasteiger partial charge in [0.05, 0.1) is 10.9 Å². The number of nitrogens with zero attached hydrogens (tertiary/aromatic N) is 2. The lowest BCUT2D eigenvalue weighted by Gasteiger charge is -2.12. The molecule has 4 N–H and O–H groups in total. The molecule has 146 valence electrons. The number of pyridine rings is 1. The van der Waals surface area contributed by atoms with Gasteiger partial charge in [-0.1, -0.05) is 30.3 Å². The number of H-pyrrole nitrogens is 1. The predicted octanol–water partition coefficient (Wildman–Crippen LogP) is 3.35. The minimum absolute atomic E-state index is 0.122. The van der Waals surface area contributed by atoms with E-state index in [1.165, 1.54) is 0 Å². The number of amides is 1. The van der Waals surface area contributed by atoms with Crippen LogP contribution in [0.3, 0.4) is 0 Å². The molecule has 4 aromatic rings. The molecule has 1 amide bonds. The van der Waals surface area contributed by atoms with Gasteiger partial charge in [-0.15, -0.1) is 11.3 Å². The number of hydrogen-bond donors (Lipinski definition) is 3. The minimum Gasteiger partial charge on any atom is -0.346 e. The highest BCUT2D eigenvalue weighted by molar-refractivity contribution is 7.17. The average molecular weight is 404 g/mol. The Labute approximate surface area is 172 Å². The lowest BCUT2D eigenvalue weighted by molar-refractivity contribution is -0.108. The second-order valence-electron chi connectivity index (χ2n) is 6.58. The van der Waals surface area contributed by atoms with E-state index in [-0.39, 0.29) is 6.04 Å². The Kier molecular flexibility index (Phi) is 5.79. The largest absolute Gasteiger partial charge is 0.346 e. The van der Waals surface area contributed by atoms with E-state index in [1.54, 1.807) is 17.5 Å². The number of aromatic amines is 1. The van der Waals surface area contributed by atoms with E-state index in [2.05, 4.69) is 27.4 Å². The van der Waals surface area contributed by atoms with Crippen LogP contribution in [0.2, 0.25) is 0 Å². The van der Waals surface area contributed by atoms with Crippen molar-refractivity contribution < 1.29 is 4.79 Å². The summed E-state index contributed by atoms with van der Waals surface area (Å²) < 4.78 is 0. The number of amidine groups is 1. The van der Waals surface area contributed by atoms with E-state index in [9.17, 15) is 4.79 Å². The van der Waals surface area contributed by atoms with Gasteiger partial charge in [-0.2, -0.15) is 0 Å². The highest BCUT2D eigenvalue weighted by Gasteiger charge is 2.14. The van der Waals surface area contributed by atoms with Gasteiger partial charge in [0.25, 0.3) is 0 Å². The molecule has 1 unspecified atom stereocenters. The van der Waals surface area contributed by atoms with Gasteiger partial charge in [0.1, 0.15) is 11.5 Å². The third kappa shape index (κ3) is 4.26. The maximum Gasteiger partial charge on any atom is 0.212 e. The van der Waals surface area contributed by atoms with Crippen LogP contribution in [-0.2, 0) is 11.2 Å². The van der Waals surface area contributed by atoms with Crippen LogP contribution in [0, 0.1) is 0 Å². The van der Waals surface area contributed by atoms with Gasteiger partial charge in [0.2, 0.25) is 6.41 Å². The highest BCUT2D eigenvalue weighted by atomic mass is 32.1. The molecule has 1 atom stereocenters. The lowest BCUT2D eigenvalue weighted by atomic mass is 10.1. The molecule has 0 aliphatic rings. The first-order valence-electron chi connectivity index (χ1n) is 9.33. The molecule has 3 heterocycles. The van der Waals surface area contributed by atoms with Crippen LogP contribution in [0.25, 0.3) is 21.5 Å². The van der Waals surface area contributed by atoms with Crippen molar-refractivity contribution >= 4 is 34.6 Å². The van der Waals surface area contributed by atoms with E-state index in [4.69, 9.17) is 10.7 Å². The molecule has 0 fully saturated rings. The van der Waals surface area contributed by atoms with Crippen LogP contribution in [0.15, 0.2) is 72.0 Å². The summed E-state index contributed by atoms with van der Waals surface area (Å²) in [5, 5.41) is 3.81. The Balaban J connectivity index is 1.64. The summed E-state index contributed by atoms with van der Waals surface area (Å²) in [6.07, 6.45) is 5.04. The maximum absolute atomic E-state index is 11.2. The van der Waals surface area contributed by atoms with Crippen molar-refractivity contribution in [1.82, 2.24) is 15.3 Å². The number of hydrogen-bond acceptors (Lipinski definition) is 5. The number of rotatable bonds is 7. The standard InChI is InChI=1S/C22H21N5OS/c23-13-16(12-15-4-2-1-3-5-15)27-22(26-14-28)20-7-6-19(29-20)17-8-10-24-21-18(17)9-11-25-21/h1-11,14,16H,12-13,23H2,(H,24,25)(H,26,27,28). The number of nitrogens with one attached hydrogen (secondary N) is 2. The molecule has 4 rings (SSSR count). The summed E-state index contributed by atoms with van der Waals surface area (Å²) in [6, 6.07) is 18.0. The molecule has 0 aliphatic heterocycles. The number of carbonyl (C=O) groups excluding carboxylic acids is 1. The van der Waals surface area contributed by atoms with Crippen molar-refractivity contribution in [3.8, 4) is 10.4 Å². The second-order valence-corrected chi connectivity index (χ2v) is 7.67. The second kappa shape index (κ2) is 8.81. The first-order valence-corrected chi connectivity index (χ1v) is 10.1. The quantitative estimate of drug-likeness (QED) is 0.251. The minimum atomic E-state index is -0.122. The SMILES string of the molecule is NCC(Cc1ccccc1)N=C(NC=O)c1ccc(-c2ccnc3[nH]ccc23)s1. The van der Waals surface area contributed by atoms with E-state index < -0.39 is 0 Å². The van der Waals surface area contributed by atoms with Crippen molar-refractivity contribution in [3.05, 3.63) is 77.4 Å². The van der Waals surface area contributed by atoms with Gasteiger partial charge in [0.15, 0.2) is 0 Å². The van der Waals surface area contributed by atoms with Crippen LogP contribution in [0.5, 0.6) is 0 Å². The number of thiophene rings is 1. The van der Waals surface area contributed by atoms with Crippen molar-refractivity contribution in [1.29, 1.82) is 0 Å². The number of nitrogens with two attached hydrogens (primary N) is 1. The molecule has 0 spiro atoms. The molecule has 0 saturated heterocycles. The zero-order valence-electron chi connectivity index (χ0n) is 15.7. The molecule has 1 aromatic carbocycles. The van der Waals surface area contributed by atoms with Crippen molar-refractivity contribution in [2.75, 3.05) is 6.54 Å². The fourth-order valence-corrected chi connectivity index (χ4v) is 4.27. The Morgan fingerprint density at radius 2 is 2.07 bits per heavy atom. The van der Waals surface area contributed by atoms with Gasteiger partial charge in [-0.3, -0.25) is 9.79 Å². The van der Waals surface area contributed by atoms with Crippen LogP contribution in [0.1, 0.15) is 10.4 Å². The van der Waals surface area contributed by atoms with Gasteiger partial charge in [0, 0.05) is 34.8 Å². The molecule has 29 heavy (non-hydrogen) atoms. The number of carbonyl (C=O) groups is 1. The van der Waals surface area contributed by atoms with Crippen LogP contribution >= 0.6 is 11.3 Å². The zero-order chi connectivity index (χ0) is 20.1. The summed E-state index contributed by atoms with van der Waals surface area (Å²) in [4.78, 5) is 25.4. The van der Waals surface area contributed by atoms with E-state index in [0.29, 0.717) is 25.2 Å². The Bertz CT molecular complexity index is 1130. The molecule has 0 bridgehead atoms. The summed E-state index contributed by atoms with van der Waals surface area (Å²) in [5.41, 5.74) is 9.07. The van der Waals surface area contributed by atoms with Crippen molar-refractivity contribution in [2.45, 2.75) is 12.5 Å². The summed E-state index contributed by atoms with van der Waals surface area (Å²) in [5.74, 6) is 0.544. The predicted molar refractivity (Wildman–Crippen MR) is 118 cm³/mol. The maximum atomic E-state index is 11.2. The Hall–Kier alpha value is -3.29. The molecule has 0 aliphatic carbocycles. The van der Waals surface area contributed by atoms with E-state index in [1.807, 2.05) is 48.7 Å². The number of benzene rings is 1. The Morgan fingerprint density at radius 1 is 1.21 bits per heavy atom. The normalized spacial score (nSPS) is 12.8. The average Bonchev–Trinajstić information content (AvgIpc) is 3.43. The Morgan fingerprint density at radius 3 is 2.86 bits per heavy atom. The van der Waals surface area contributed by atoms with Crippen LogP contribution in [-0.4, -0.2) is 34.8 Å². The molecule has 0 radical (unpaired) electrons. The fourth-order valence-electron chi connectivity index (χ4n) is 3.26. The van der Waals surface area contributed by atoms with Crippen LogP contribution in [0.4, 0.5) is 0 Å². The fraction of sp³-hybridized carbons (Fsp3) is 0.136. The van der Waals surface area contributed by atoms with E-state index in [0.717, 1.165) is 31.9 Å². The highest BCUT2D eigenvalue weighted by Crippen LogP contribution is 2.32. The molecule has 3 aromatic heterocycles. The summed E-state index contributed by atoms with van der Waals surface area (Å²) >= 11 is 1.58. The van der Waals surface area contributed by atoms with Gasteiger partial charge >= 0.3 is 0 Å². The summed E-state index contributed by atoms with van der Waals surface area (Å²) in [6.45, 7) is 0.394. The first-order chi connectivity index (χ1) is 14.3. The number of aliphatic imine (C=N–C) groups is 1. The third-order valence-electron chi connectivity index (χ3n) is 4.66. The van der Waals surface area contributed by atoms with Gasteiger partial charge < -0.3 is 16.0 Å². The molecule has 0 saturated carbocycles. The van der Waals surface area contributed by atoms with Gasteiger partial charge in [-0.25, -0.2) is 4.98 Å². The van der Waals surface area contributed by atoms with Crippen molar-refractivity contribution in [3.63, 3.8) is 0 Å². The molecule has 7 heteroatoms. The molecular weight excluding hydrogens is 382 g/mol. The zero-order valence-corrected chi connectivity index (χ0v) is 16.5. The van der Waals surface area contributed by atoms with Crippen LogP contribution < -0.4 is 11.1 Å². The third-order valence-corrected chi connectivity index (χ3v) is 5.78. The van der Waals surface area contributed by atoms with Crippen molar-refractivity contribution in [2.24, 2.45) is 10.7 Å². The molecule has 6 nitrogen and oxygen atoms in total. The number of fused-ring (bicyclic) bond motifs is 1. The first kappa shape index (κ1) is 19.0. The van der Waals surface area contributed by atoms with Gasteiger partial charge in [-0.05, 0) is 36.2 Å². The topological polar surface area (TPSA) is 96.2 Å². The lowest BCUT2D eigenvalue weighted by Crippen LogP contribution is -2.28. The monoisotopic (exact) mass is 403 g/mol. The summed E-state index contributed by atoms with van der Waals surface area (Å²) in [7, 11) is 0. The van der Waals surface area contributed by atoms with E-state index >= 15 is 0 Å². The molecular formula is C22H21N5OS. The number of aromatic nitrogens is 2. The smallest absolute Gasteiger partial charge is 0.212 e.